The first-order valence-electron chi connectivity index (χ1n) is 10.2. The van der Waals surface area contributed by atoms with Crippen molar-refractivity contribution in [1.82, 2.24) is 19.9 Å². The highest BCUT2D eigenvalue weighted by Gasteiger charge is 2.21. The predicted octanol–water partition coefficient (Wildman–Crippen LogP) is 3.39. The molecule has 154 valence electrons. The van der Waals surface area contributed by atoms with Gasteiger partial charge in [0.1, 0.15) is 11.3 Å². The summed E-state index contributed by atoms with van der Waals surface area (Å²) in [5, 5.41) is 13.9. The van der Waals surface area contributed by atoms with Gasteiger partial charge in [0.05, 0.1) is 29.6 Å². The molecule has 0 spiro atoms. The number of anilines is 2. The molecule has 0 saturated heterocycles. The van der Waals surface area contributed by atoms with E-state index in [0.717, 1.165) is 64.6 Å². The number of fused-ring (bicyclic) bond motifs is 2. The van der Waals surface area contributed by atoms with Gasteiger partial charge in [-0.15, -0.1) is 0 Å². The van der Waals surface area contributed by atoms with Crippen LogP contribution >= 0.6 is 0 Å². The van der Waals surface area contributed by atoms with Crippen molar-refractivity contribution in [2.45, 2.75) is 44.4 Å². The minimum atomic E-state index is -0.207. The summed E-state index contributed by atoms with van der Waals surface area (Å²) in [4.78, 5) is 16.6. The molecule has 0 atom stereocenters. The van der Waals surface area contributed by atoms with E-state index >= 15 is 0 Å². The second kappa shape index (κ2) is 7.89. The monoisotopic (exact) mass is 404 g/mol. The second-order valence-electron chi connectivity index (χ2n) is 7.70. The smallest absolute Gasteiger partial charge is 0.227 e. The Morgan fingerprint density at radius 2 is 2.00 bits per heavy atom. The van der Waals surface area contributed by atoms with Crippen LogP contribution in [-0.4, -0.2) is 37.3 Å². The van der Waals surface area contributed by atoms with E-state index in [2.05, 4.69) is 20.3 Å². The van der Waals surface area contributed by atoms with Gasteiger partial charge >= 0.3 is 0 Å². The largest absolute Gasteiger partial charge is 0.488 e. The molecule has 5 N–H and O–H groups in total. The summed E-state index contributed by atoms with van der Waals surface area (Å²) < 4.78 is 6.25. The molecule has 1 saturated carbocycles. The Morgan fingerprint density at radius 1 is 1.13 bits per heavy atom. The molecule has 4 aromatic rings. The highest BCUT2D eigenvalue weighted by Crippen LogP contribution is 2.30. The zero-order valence-electron chi connectivity index (χ0n) is 16.5. The molecule has 1 aliphatic carbocycles. The van der Waals surface area contributed by atoms with E-state index < -0.39 is 0 Å². The number of imidazole rings is 1. The van der Waals surface area contributed by atoms with Crippen molar-refractivity contribution in [2.24, 2.45) is 5.73 Å². The maximum Gasteiger partial charge on any atom is 0.227 e. The van der Waals surface area contributed by atoms with Crippen LogP contribution in [0.5, 0.6) is 5.75 Å². The summed E-state index contributed by atoms with van der Waals surface area (Å²) in [6.45, 7) is 0.392. The molecule has 5 rings (SSSR count). The van der Waals surface area contributed by atoms with Crippen LogP contribution in [0.25, 0.3) is 21.9 Å². The Bertz CT molecular complexity index is 1180. The zero-order valence-corrected chi connectivity index (χ0v) is 16.5. The summed E-state index contributed by atoms with van der Waals surface area (Å²) in [6, 6.07) is 9.79. The third-order valence-electron chi connectivity index (χ3n) is 5.59. The minimum Gasteiger partial charge on any atom is -0.488 e. The van der Waals surface area contributed by atoms with Crippen LogP contribution in [0, 0.1) is 0 Å². The highest BCUT2D eigenvalue weighted by molar-refractivity contribution is 5.86. The Hall–Kier alpha value is -3.23. The Labute approximate surface area is 173 Å². The van der Waals surface area contributed by atoms with Crippen LogP contribution in [0.2, 0.25) is 0 Å². The van der Waals surface area contributed by atoms with Gasteiger partial charge in [-0.25, -0.2) is 15.0 Å². The van der Waals surface area contributed by atoms with E-state index in [4.69, 9.17) is 15.5 Å². The maximum atomic E-state index is 9.73. The van der Waals surface area contributed by atoms with E-state index in [9.17, 15) is 5.11 Å². The standard InChI is InChI=1S/C22H24N6O2/c23-10-14-8-15(9-18-20(14)26-12-25-18)27-22-24-11-13-2-1-3-19(21(13)28-22)30-17-6-4-16(29)5-7-17/h1-3,8-9,11-12,16-17,29H,4-7,10,23H2,(H,25,26)(H,24,27,28). The molecule has 2 aromatic heterocycles. The molecular weight excluding hydrogens is 380 g/mol. The van der Waals surface area contributed by atoms with Gasteiger partial charge in [-0.05, 0) is 49.4 Å². The van der Waals surface area contributed by atoms with Crippen molar-refractivity contribution in [3.8, 4) is 5.75 Å². The fourth-order valence-electron chi connectivity index (χ4n) is 4.01. The van der Waals surface area contributed by atoms with E-state index in [1.54, 1.807) is 12.5 Å². The summed E-state index contributed by atoms with van der Waals surface area (Å²) in [5.41, 5.74) is 10.2. The van der Waals surface area contributed by atoms with Crippen molar-refractivity contribution in [2.75, 3.05) is 5.32 Å². The minimum absolute atomic E-state index is 0.0975. The number of hydrogen-bond donors (Lipinski definition) is 4. The average molecular weight is 404 g/mol. The summed E-state index contributed by atoms with van der Waals surface area (Å²) >= 11 is 0. The molecule has 30 heavy (non-hydrogen) atoms. The molecule has 0 aliphatic heterocycles. The Kier molecular flexibility index (Phi) is 4.94. The topological polar surface area (TPSA) is 122 Å². The number of para-hydroxylation sites is 1. The lowest BCUT2D eigenvalue weighted by molar-refractivity contribution is 0.0672. The molecular formula is C22H24N6O2. The van der Waals surface area contributed by atoms with Crippen molar-refractivity contribution in [3.63, 3.8) is 0 Å². The van der Waals surface area contributed by atoms with Crippen molar-refractivity contribution in [1.29, 1.82) is 0 Å². The predicted molar refractivity (Wildman–Crippen MR) is 116 cm³/mol. The van der Waals surface area contributed by atoms with Gasteiger partial charge in [0, 0.05) is 23.8 Å². The van der Waals surface area contributed by atoms with Gasteiger partial charge in [0.25, 0.3) is 0 Å². The van der Waals surface area contributed by atoms with Crippen LogP contribution in [0.15, 0.2) is 42.9 Å². The Balaban J connectivity index is 1.44. The normalized spacial score (nSPS) is 19.3. The maximum absolute atomic E-state index is 9.73. The van der Waals surface area contributed by atoms with E-state index in [1.165, 1.54) is 0 Å². The highest BCUT2D eigenvalue weighted by atomic mass is 16.5. The van der Waals surface area contributed by atoms with Crippen LogP contribution in [0.3, 0.4) is 0 Å². The number of nitrogens with two attached hydrogens (primary N) is 1. The molecule has 1 fully saturated rings. The number of ether oxygens (including phenoxy) is 1. The molecule has 2 heterocycles. The van der Waals surface area contributed by atoms with Gasteiger partial charge in [0.15, 0.2) is 0 Å². The number of nitrogens with zero attached hydrogens (tertiary/aromatic N) is 3. The van der Waals surface area contributed by atoms with Gasteiger partial charge < -0.3 is 25.9 Å². The van der Waals surface area contributed by atoms with E-state index in [-0.39, 0.29) is 12.2 Å². The van der Waals surface area contributed by atoms with Crippen LogP contribution < -0.4 is 15.8 Å². The zero-order chi connectivity index (χ0) is 20.5. The SMILES string of the molecule is NCc1cc(Nc2ncc3cccc(OC4CCC(O)CC4)c3n2)cc2[nH]cnc12. The quantitative estimate of drug-likeness (QED) is 0.402. The van der Waals surface area contributed by atoms with Gasteiger partial charge in [-0.3, -0.25) is 0 Å². The van der Waals surface area contributed by atoms with Crippen LogP contribution in [0.4, 0.5) is 11.6 Å². The van der Waals surface area contributed by atoms with E-state index in [0.29, 0.717) is 12.5 Å². The number of benzene rings is 2. The molecule has 1 aliphatic rings. The lowest BCUT2D eigenvalue weighted by Gasteiger charge is -2.26. The molecule has 0 bridgehead atoms. The summed E-state index contributed by atoms with van der Waals surface area (Å²) in [5.74, 6) is 1.23. The van der Waals surface area contributed by atoms with Gasteiger partial charge in [-0.2, -0.15) is 0 Å². The average Bonchev–Trinajstić information content (AvgIpc) is 3.24. The van der Waals surface area contributed by atoms with Crippen LogP contribution in [-0.2, 0) is 6.54 Å². The first-order valence-corrected chi connectivity index (χ1v) is 10.2. The fourth-order valence-corrected chi connectivity index (χ4v) is 4.01. The number of aliphatic hydroxyl groups excluding tert-OH is 1. The third kappa shape index (κ3) is 3.67. The number of H-pyrrole nitrogens is 1. The molecule has 0 unspecified atom stereocenters. The first kappa shape index (κ1) is 18.8. The lowest BCUT2D eigenvalue weighted by Crippen LogP contribution is -2.26. The van der Waals surface area contributed by atoms with Crippen LogP contribution in [0.1, 0.15) is 31.2 Å². The van der Waals surface area contributed by atoms with Crippen molar-refractivity contribution in [3.05, 3.63) is 48.4 Å². The number of aromatic amines is 1. The fraction of sp³-hybridized carbons (Fsp3) is 0.318. The van der Waals surface area contributed by atoms with E-state index in [1.807, 2.05) is 30.3 Å². The number of hydrogen-bond acceptors (Lipinski definition) is 7. The first-order chi connectivity index (χ1) is 14.7. The molecule has 0 amide bonds. The van der Waals surface area contributed by atoms with Gasteiger partial charge in [0.2, 0.25) is 5.95 Å². The number of aromatic nitrogens is 4. The molecule has 8 nitrogen and oxygen atoms in total. The summed E-state index contributed by atoms with van der Waals surface area (Å²) in [6.07, 6.45) is 6.59. The lowest BCUT2D eigenvalue weighted by atomic mass is 9.95. The van der Waals surface area contributed by atoms with Crippen molar-refractivity contribution >= 4 is 33.6 Å². The molecule has 2 aromatic carbocycles. The molecule has 0 radical (unpaired) electrons. The number of aliphatic hydroxyl groups is 1. The second-order valence-corrected chi connectivity index (χ2v) is 7.70. The number of rotatable bonds is 5. The number of nitrogens with one attached hydrogen (secondary N) is 2. The third-order valence-corrected chi connectivity index (χ3v) is 5.59. The van der Waals surface area contributed by atoms with Gasteiger partial charge in [-0.1, -0.05) is 12.1 Å². The van der Waals surface area contributed by atoms with Crippen molar-refractivity contribution < 1.29 is 9.84 Å². The molecule has 8 heteroatoms. The Morgan fingerprint density at radius 3 is 2.83 bits per heavy atom. The summed E-state index contributed by atoms with van der Waals surface area (Å²) in [7, 11) is 0.